The van der Waals surface area contributed by atoms with Gasteiger partial charge in [-0.25, -0.2) is 4.39 Å². The molecule has 2 heterocycles. The molecule has 8 nitrogen and oxygen atoms in total. The summed E-state index contributed by atoms with van der Waals surface area (Å²) in [5.74, 6) is 0.357. The molecule has 4 aromatic carbocycles. The van der Waals surface area contributed by atoms with Gasteiger partial charge in [0, 0.05) is 42.8 Å². The predicted octanol–water partition coefficient (Wildman–Crippen LogP) is 7.70. The lowest BCUT2D eigenvalue weighted by molar-refractivity contribution is -0.137. The summed E-state index contributed by atoms with van der Waals surface area (Å²) in [6.07, 6.45) is -2.21. The summed E-state index contributed by atoms with van der Waals surface area (Å²) in [4.78, 5) is 19.9. The van der Waals surface area contributed by atoms with Crippen molar-refractivity contribution in [2.75, 3.05) is 51.9 Å². The largest absolute Gasteiger partial charge is 0.493 e. The van der Waals surface area contributed by atoms with Gasteiger partial charge in [0.1, 0.15) is 17.3 Å². The first-order chi connectivity index (χ1) is 22.7. The Hall–Kier alpha value is -4.94. The predicted molar refractivity (Wildman–Crippen MR) is 169 cm³/mol. The van der Waals surface area contributed by atoms with Gasteiger partial charge in [-0.3, -0.25) is 14.7 Å². The zero-order chi connectivity index (χ0) is 33.0. The lowest BCUT2D eigenvalue weighted by atomic mass is 10.0. The molecule has 0 radical (unpaired) electrons. The molecule has 12 heteroatoms. The monoisotopic (exact) mass is 649 g/mol. The number of rotatable bonds is 10. The van der Waals surface area contributed by atoms with Gasteiger partial charge >= 0.3 is 6.18 Å². The SMILES string of the molecule is COc1cc2c(Oc3ccc4c(C(=O)Nc5cc(C(F)(F)F)ccc5F)cccc4c3)ccnc2cc1OCCCN1CCOCC1. The number of morpholine rings is 1. The second kappa shape index (κ2) is 13.8. The van der Waals surface area contributed by atoms with E-state index < -0.39 is 29.2 Å². The number of halogens is 4. The average molecular weight is 650 g/mol. The second-order valence-electron chi connectivity index (χ2n) is 10.9. The maximum Gasteiger partial charge on any atom is 0.416 e. The normalized spacial score (nSPS) is 13.9. The number of hydrogen-bond donors (Lipinski definition) is 1. The lowest BCUT2D eigenvalue weighted by Crippen LogP contribution is -2.37. The molecule has 1 amide bonds. The number of methoxy groups -OCH3 is 1. The number of hydrogen-bond acceptors (Lipinski definition) is 7. The molecule has 47 heavy (non-hydrogen) atoms. The Labute approximate surface area is 267 Å². The fourth-order valence-corrected chi connectivity index (χ4v) is 5.42. The van der Waals surface area contributed by atoms with Crippen LogP contribution in [0.5, 0.6) is 23.0 Å². The Bertz CT molecular complexity index is 1910. The van der Waals surface area contributed by atoms with E-state index in [0.717, 1.165) is 39.3 Å². The molecule has 0 atom stereocenters. The van der Waals surface area contributed by atoms with Crippen LogP contribution < -0.4 is 19.5 Å². The number of fused-ring (bicyclic) bond motifs is 2. The molecule has 5 aromatic rings. The van der Waals surface area contributed by atoms with E-state index >= 15 is 0 Å². The summed E-state index contributed by atoms with van der Waals surface area (Å²) < 4.78 is 77.1. The smallest absolute Gasteiger partial charge is 0.416 e. The molecule has 1 N–H and O–H groups in total. The van der Waals surface area contributed by atoms with Crippen molar-refractivity contribution in [2.24, 2.45) is 0 Å². The fourth-order valence-electron chi connectivity index (χ4n) is 5.42. The molecular formula is C35H31F4N3O5. The van der Waals surface area contributed by atoms with Gasteiger partial charge in [-0.2, -0.15) is 13.2 Å². The van der Waals surface area contributed by atoms with Crippen molar-refractivity contribution < 1.29 is 41.3 Å². The maximum absolute atomic E-state index is 14.3. The molecule has 6 rings (SSSR count). The Morgan fingerprint density at radius 2 is 1.79 bits per heavy atom. The zero-order valence-corrected chi connectivity index (χ0v) is 25.4. The van der Waals surface area contributed by atoms with Crippen molar-refractivity contribution in [3.63, 3.8) is 0 Å². The Morgan fingerprint density at radius 3 is 2.57 bits per heavy atom. The summed E-state index contributed by atoms with van der Waals surface area (Å²) in [7, 11) is 1.57. The van der Waals surface area contributed by atoms with Gasteiger partial charge in [0.2, 0.25) is 0 Å². The molecule has 0 unspecified atom stereocenters. The minimum Gasteiger partial charge on any atom is -0.493 e. The highest BCUT2D eigenvalue weighted by molar-refractivity contribution is 6.13. The van der Waals surface area contributed by atoms with Gasteiger partial charge in [0.05, 0.1) is 43.7 Å². The third-order valence-corrected chi connectivity index (χ3v) is 7.83. The van der Waals surface area contributed by atoms with Crippen LogP contribution >= 0.6 is 0 Å². The lowest BCUT2D eigenvalue weighted by Gasteiger charge is -2.26. The van der Waals surface area contributed by atoms with Crippen LogP contribution in [-0.2, 0) is 10.9 Å². The minimum absolute atomic E-state index is 0.155. The maximum atomic E-state index is 14.3. The van der Waals surface area contributed by atoms with Gasteiger partial charge in [-0.15, -0.1) is 0 Å². The molecule has 0 saturated carbocycles. The van der Waals surface area contributed by atoms with Crippen molar-refractivity contribution in [1.29, 1.82) is 0 Å². The first kappa shape index (κ1) is 32.0. The summed E-state index contributed by atoms with van der Waals surface area (Å²) in [6.45, 7) is 4.78. The van der Waals surface area contributed by atoms with Gasteiger partial charge in [0.15, 0.2) is 11.5 Å². The van der Waals surface area contributed by atoms with Crippen LogP contribution in [0.3, 0.4) is 0 Å². The number of amides is 1. The highest BCUT2D eigenvalue weighted by atomic mass is 19.4. The van der Waals surface area contributed by atoms with E-state index in [1.54, 1.807) is 49.7 Å². The first-order valence-electron chi connectivity index (χ1n) is 15.0. The number of anilines is 1. The number of pyridine rings is 1. The highest BCUT2D eigenvalue weighted by Gasteiger charge is 2.31. The Morgan fingerprint density at radius 1 is 0.957 bits per heavy atom. The summed E-state index contributed by atoms with van der Waals surface area (Å²) >= 11 is 0. The highest BCUT2D eigenvalue weighted by Crippen LogP contribution is 2.38. The Balaban J connectivity index is 1.19. The number of carbonyl (C=O) groups excluding carboxylic acids is 1. The molecule has 244 valence electrons. The van der Waals surface area contributed by atoms with E-state index in [4.69, 9.17) is 18.9 Å². The topological polar surface area (TPSA) is 82.2 Å². The third-order valence-electron chi connectivity index (χ3n) is 7.83. The average Bonchev–Trinajstić information content (AvgIpc) is 3.07. The standard InChI is InChI=1S/C35H31F4N3O5/c1-44-32-20-27-29(21-33(32)46-15-3-12-42-13-16-45-17-14-42)40-11-10-31(27)47-24-7-8-25-22(18-24)4-2-5-26(25)34(43)41-30-19-23(35(37,38)39)6-9-28(30)36/h2,4-11,18-21H,3,12-17H2,1H3,(H,41,43). The second-order valence-corrected chi connectivity index (χ2v) is 10.9. The van der Waals surface area contributed by atoms with E-state index in [1.165, 1.54) is 6.07 Å². The molecule has 1 saturated heterocycles. The summed E-state index contributed by atoms with van der Waals surface area (Å²) in [5.41, 5.74) is -0.836. The number of carbonyl (C=O) groups is 1. The number of nitrogens with zero attached hydrogens (tertiary/aromatic N) is 2. The molecule has 0 spiro atoms. The van der Waals surface area contributed by atoms with Gasteiger partial charge in [-0.05, 0) is 71.8 Å². The van der Waals surface area contributed by atoms with Gasteiger partial charge in [-0.1, -0.05) is 12.1 Å². The third kappa shape index (κ3) is 7.39. The minimum atomic E-state index is -4.69. The number of alkyl halides is 3. The number of ether oxygens (including phenoxy) is 4. The van der Waals surface area contributed by atoms with E-state index in [1.807, 2.05) is 12.1 Å². The number of nitrogens with one attached hydrogen (secondary N) is 1. The quantitative estimate of drug-likeness (QED) is 0.123. The first-order valence-corrected chi connectivity index (χ1v) is 15.0. The van der Waals surface area contributed by atoms with Crippen molar-refractivity contribution in [1.82, 2.24) is 9.88 Å². The Kier molecular flexibility index (Phi) is 9.41. The molecule has 1 aliphatic rings. The molecule has 0 bridgehead atoms. The van der Waals surface area contributed by atoms with Crippen molar-refractivity contribution in [2.45, 2.75) is 12.6 Å². The van der Waals surface area contributed by atoms with E-state index in [0.29, 0.717) is 69.5 Å². The van der Waals surface area contributed by atoms with Crippen molar-refractivity contribution in [3.05, 3.63) is 95.9 Å². The van der Waals surface area contributed by atoms with E-state index in [-0.39, 0.29) is 5.56 Å². The summed E-state index contributed by atoms with van der Waals surface area (Å²) in [5, 5.41) is 4.10. The molecule has 1 aliphatic heterocycles. The van der Waals surface area contributed by atoms with Crippen molar-refractivity contribution in [3.8, 4) is 23.0 Å². The van der Waals surface area contributed by atoms with Gasteiger partial charge < -0.3 is 24.3 Å². The summed E-state index contributed by atoms with van der Waals surface area (Å²) in [6, 6.07) is 17.2. The molecule has 1 aromatic heterocycles. The van der Waals surface area contributed by atoms with Gasteiger partial charge in [0.25, 0.3) is 5.91 Å². The number of benzene rings is 4. The van der Waals surface area contributed by atoms with Crippen LogP contribution in [0, 0.1) is 5.82 Å². The van der Waals surface area contributed by atoms with Crippen LogP contribution in [0.15, 0.2) is 79.0 Å². The van der Waals surface area contributed by atoms with E-state index in [9.17, 15) is 22.4 Å². The van der Waals surface area contributed by atoms with Crippen LogP contribution in [-0.4, -0.2) is 62.4 Å². The fraction of sp³-hybridized carbons (Fsp3) is 0.257. The number of aromatic nitrogens is 1. The zero-order valence-electron chi connectivity index (χ0n) is 25.4. The van der Waals surface area contributed by atoms with E-state index in [2.05, 4.69) is 15.2 Å². The van der Waals surface area contributed by atoms with Crippen LogP contribution in [0.1, 0.15) is 22.3 Å². The van der Waals surface area contributed by atoms with Crippen LogP contribution in [0.25, 0.3) is 21.7 Å². The van der Waals surface area contributed by atoms with Crippen molar-refractivity contribution >= 4 is 33.3 Å². The molecule has 1 fully saturated rings. The molecular weight excluding hydrogens is 618 g/mol. The van der Waals surface area contributed by atoms with Crippen LogP contribution in [0.2, 0.25) is 0 Å². The molecule has 0 aliphatic carbocycles. The van der Waals surface area contributed by atoms with Crippen LogP contribution in [0.4, 0.5) is 23.2 Å².